The van der Waals surface area contributed by atoms with Crippen LogP contribution in [0.25, 0.3) is 90.1 Å². The standard InChI is InChI=1S/C25H22Cl2N6O2.C25H22ClFN6O2.C25H23ClN6O2.C25H23FN6O2/c26-20-5-4-19(15-21(20)27)30-25(34)29-18-3-1-2-17(14-18)23-22(16-6-8-28-9-7-16)31-24(32-23)33-10-12-35-13-11-33;26-18-4-5-21(20(27)15-18)30-25(34)29-19-3-1-2-17(14-19)23-22(16-6-8-28-9-7-16)31-24(32-23)33-10-12-35-13-11-33;26-19-4-2-6-21(16-19)29-25(33)28-20-5-1-3-18(15-20)23-22(17-7-9-27-10-8-17)30-24(31-23)32-11-13-34-14-12-32;26-19-4-6-20(7-5-19)28-25(33)29-21-3-1-2-18(16-21)23-22(17-8-10-27-11-9-17)30-24(31-23)32-12-14-34-15-13-32/h2*1-9,14-15H,10-13H2,(H,31,32)(H2,29,30,34);1-10,15-16H,11-14H2,(H,30,31)(H2,28,29,33);1-11,16H,12-15H2,(H,30,31)(H2,28,29,33). The second kappa shape index (κ2) is 45.6. The van der Waals surface area contributed by atoms with E-state index in [1.807, 2.05) is 133 Å². The maximum absolute atomic E-state index is 14.0. The predicted octanol–water partition coefficient (Wildman–Crippen LogP) is 21.4. The van der Waals surface area contributed by atoms with E-state index >= 15 is 0 Å². The SMILES string of the molecule is O=C(Nc1ccc(F)cc1)Nc1cccc(-c2nc(N3CCOCC3)[nH]c2-c2ccncc2)c1.O=C(Nc1cccc(-c2nc(N3CCOCC3)[nH]c2-c2ccncc2)c1)Nc1ccc(Cl)c(Cl)c1.O=C(Nc1cccc(-c2nc(N3CCOCC3)[nH]c2-c2ccncc2)c1)Nc1ccc(Cl)cc1F.O=C(Nc1cccc(Cl)c1)Nc1cccc(-c2nc(N3CCOCC3)[nH]c2-c2ccncc2)c1. The van der Waals surface area contributed by atoms with Gasteiger partial charge in [0.25, 0.3) is 0 Å². The van der Waals surface area contributed by atoms with Crippen LogP contribution in [0.3, 0.4) is 0 Å². The van der Waals surface area contributed by atoms with Crippen LogP contribution in [0.1, 0.15) is 0 Å². The van der Waals surface area contributed by atoms with E-state index in [2.05, 4.69) is 102 Å². The van der Waals surface area contributed by atoms with Gasteiger partial charge in [-0.2, -0.15) is 0 Å². The number of anilines is 12. The van der Waals surface area contributed by atoms with Crippen LogP contribution in [0.4, 0.5) is 97.3 Å². The van der Waals surface area contributed by atoms with Crippen molar-refractivity contribution in [1.82, 2.24) is 59.8 Å². The van der Waals surface area contributed by atoms with E-state index in [4.69, 9.17) is 85.3 Å². The zero-order valence-corrected chi connectivity index (χ0v) is 76.8. The van der Waals surface area contributed by atoms with E-state index in [9.17, 15) is 28.0 Å². The van der Waals surface area contributed by atoms with Crippen LogP contribution in [-0.2, 0) is 18.9 Å². The molecule has 0 unspecified atom stereocenters. The van der Waals surface area contributed by atoms with Crippen molar-refractivity contribution < 1.29 is 46.9 Å². The number of nitrogens with one attached hydrogen (secondary N) is 12. The number of morpholine rings is 4. The normalized spacial score (nSPS) is 13.5. The number of amides is 8. The number of aromatic nitrogens is 12. The van der Waals surface area contributed by atoms with Crippen molar-refractivity contribution in [1.29, 1.82) is 0 Å². The number of halogens is 6. The minimum Gasteiger partial charge on any atom is -0.378 e. The first-order chi connectivity index (χ1) is 67.4. The molecule has 8 amide bonds. The zero-order chi connectivity index (χ0) is 95.1. The first kappa shape index (κ1) is 94.1. The van der Waals surface area contributed by atoms with Crippen molar-refractivity contribution in [3.8, 4) is 90.1 Å². The van der Waals surface area contributed by atoms with Gasteiger partial charge in [-0.25, -0.2) is 47.9 Å². The van der Waals surface area contributed by atoms with Gasteiger partial charge in [-0.05, 0) is 176 Å². The van der Waals surface area contributed by atoms with E-state index in [0.717, 1.165) is 172 Å². The predicted molar refractivity (Wildman–Crippen MR) is 537 cm³/mol. The molecule has 700 valence electrons. The summed E-state index contributed by atoms with van der Waals surface area (Å²) in [7, 11) is 0. The number of imidazole rings is 4. The van der Waals surface area contributed by atoms with Crippen molar-refractivity contribution >= 4 is 140 Å². The van der Waals surface area contributed by atoms with Crippen molar-refractivity contribution in [2.45, 2.75) is 0 Å². The number of rotatable bonds is 20. The largest absolute Gasteiger partial charge is 0.378 e. The minimum absolute atomic E-state index is 0.0329. The van der Waals surface area contributed by atoms with Crippen LogP contribution in [0.15, 0.2) is 280 Å². The molecule has 4 aliphatic rings. The lowest BCUT2D eigenvalue weighted by Crippen LogP contribution is -2.36. The second-order valence-corrected chi connectivity index (χ2v) is 33.1. The van der Waals surface area contributed by atoms with Gasteiger partial charge in [0.15, 0.2) is 0 Å². The Hall–Kier alpha value is -15.7. The number of benzene rings is 8. The summed E-state index contributed by atoms with van der Waals surface area (Å²) in [6.45, 7) is 11.3. The molecule has 8 aromatic heterocycles. The van der Waals surface area contributed by atoms with Crippen LogP contribution >= 0.6 is 46.4 Å². The molecule has 4 saturated heterocycles. The van der Waals surface area contributed by atoms with E-state index in [-0.39, 0.29) is 22.6 Å². The first-order valence-corrected chi connectivity index (χ1v) is 45.4. The molecule has 0 radical (unpaired) electrons. The summed E-state index contributed by atoms with van der Waals surface area (Å²) in [5, 5.41) is 23.7. The average Bonchev–Trinajstić information content (AvgIpc) is 1.66. The highest BCUT2D eigenvalue weighted by molar-refractivity contribution is 6.42. The smallest absolute Gasteiger partial charge is 0.323 e. The van der Waals surface area contributed by atoms with E-state index < -0.39 is 23.9 Å². The molecule has 0 bridgehead atoms. The molecule has 16 aromatic rings. The maximum atomic E-state index is 14.0. The fourth-order valence-corrected chi connectivity index (χ4v) is 15.9. The van der Waals surface area contributed by atoms with E-state index in [1.54, 1.807) is 104 Å². The molecule has 0 spiro atoms. The number of urea groups is 4. The molecular formula is C100H90Cl4F2N24O8. The quantitative estimate of drug-likeness (QED) is 0.0337. The summed E-state index contributed by atoms with van der Waals surface area (Å²) >= 11 is 23.8. The van der Waals surface area contributed by atoms with Crippen LogP contribution < -0.4 is 62.1 Å². The molecular weight excluding hydrogens is 1850 g/mol. The average molecular weight is 1940 g/mol. The molecule has 138 heavy (non-hydrogen) atoms. The van der Waals surface area contributed by atoms with Gasteiger partial charge < -0.3 is 101 Å². The van der Waals surface area contributed by atoms with E-state index in [1.165, 1.54) is 36.4 Å². The highest BCUT2D eigenvalue weighted by Crippen LogP contribution is 2.40. The fourth-order valence-electron chi connectivity index (χ4n) is 15.3. The highest BCUT2D eigenvalue weighted by Gasteiger charge is 2.27. The molecule has 4 aliphatic heterocycles. The summed E-state index contributed by atoms with van der Waals surface area (Å²) in [4.78, 5) is 109. The van der Waals surface area contributed by atoms with Crippen LogP contribution in [-0.4, -0.2) is 189 Å². The van der Waals surface area contributed by atoms with Gasteiger partial charge in [-0.3, -0.25) is 19.9 Å². The fraction of sp³-hybridized carbons (Fsp3) is 0.160. The number of H-pyrrole nitrogens is 4. The molecule has 4 fully saturated rings. The van der Waals surface area contributed by atoms with Gasteiger partial charge in [0.2, 0.25) is 23.8 Å². The Labute approximate surface area is 810 Å². The lowest BCUT2D eigenvalue weighted by molar-refractivity contribution is 0.122. The zero-order valence-electron chi connectivity index (χ0n) is 73.8. The number of aromatic amines is 4. The number of pyridine rings is 4. The molecule has 12 N–H and O–H groups in total. The molecule has 0 atom stereocenters. The Morgan fingerprint density at radius 3 is 0.855 bits per heavy atom. The molecule has 20 rings (SSSR count). The van der Waals surface area contributed by atoms with Crippen LogP contribution in [0, 0.1) is 11.6 Å². The van der Waals surface area contributed by atoms with Gasteiger partial charge in [0.1, 0.15) is 11.6 Å². The molecule has 8 aromatic carbocycles. The van der Waals surface area contributed by atoms with Crippen molar-refractivity contribution in [2.24, 2.45) is 0 Å². The summed E-state index contributed by atoms with van der Waals surface area (Å²) in [6, 6.07) is 65.2. The van der Waals surface area contributed by atoms with Crippen LogP contribution in [0.5, 0.6) is 0 Å². The number of hydrogen-bond acceptors (Lipinski definition) is 20. The third-order valence-electron chi connectivity index (χ3n) is 22.0. The van der Waals surface area contributed by atoms with Crippen molar-refractivity contribution in [3.63, 3.8) is 0 Å². The molecule has 38 heteroatoms. The Kier molecular flexibility index (Phi) is 31.1. The lowest BCUT2D eigenvalue weighted by atomic mass is 10.1. The van der Waals surface area contributed by atoms with Gasteiger partial charge in [-0.15, -0.1) is 0 Å². The van der Waals surface area contributed by atoms with Crippen molar-refractivity contribution in [3.05, 3.63) is 312 Å². The summed E-state index contributed by atoms with van der Waals surface area (Å²) in [6.07, 6.45) is 14.0. The lowest BCUT2D eigenvalue weighted by Gasteiger charge is -2.26. The topological polar surface area (TPSA) is 381 Å². The Bertz CT molecular complexity index is 6870. The number of ether oxygens (including phenoxy) is 4. The first-order valence-electron chi connectivity index (χ1n) is 43.9. The molecule has 12 heterocycles. The summed E-state index contributed by atoms with van der Waals surface area (Å²) < 4.78 is 49.1. The summed E-state index contributed by atoms with van der Waals surface area (Å²) in [5.41, 5.74) is 17.9. The van der Waals surface area contributed by atoms with Gasteiger partial charge in [0, 0.05) is 196 Å². The second-order valence-electron chi connectivity index (χ2n) is 31.4. The number of nitrogens with zero attached hydrogens (tertiary/aromatic N) is 12. The third-order valence-corrected chi connectivity index (χ3v) is 23.2. The van der Waals surface area contributed by atoms with Crippen LogP contribution in [0.2, 0.25) is 20.1 Å². The summed E-state index contributed by atoms with van der Waals surface area (Å²) in [5.74, 6) is 2.13. The highest BCUT2D eigenvalue weighted by atomic mass is 35.5. The Morgan fingerprint density at radius 1 is 0.275 bits per heavy atom. The number of carbonyl (C=O) groups is 4. The van der Waals surface area contributed by atoms with Gasteiger partial charge >= 0.3 is 24.1 Å². The molecule has 0 saturated carbocycles. The third kappa shape index (κ3) is 24.9. The van der Waals surface area contributed by atoms with Crippen molar-refractivity contribution in [2.75, 3.05) is 167 Å². The number of hydrogen-bond donors (Lipinski definition) is 12. The minimum atomic E-state index is -0.615. The van der Waals surface area contributed by atoms with E-state index in [0.29, 0.717) is 108 Å². The van der Waals surface area contributed by atoms with Gasteiger partial charge in [-0.1, -0.05) is 101 Å². The molecule has 0 aliphatic carbocycles. The Morgan fingerprint density at radius 2 is 0.551 bits per heavy atom. The monoisotopic (exact) mass is 1930 g/mol. The Balaban J connectivity index is 0.000000127. The maximum Gasteiger partial charge on any atom is 0.323 e. The number of carbonyl (C=O) groups excluding carboxylic acids is 4. The molecule has 32 nitrogen and oxygen atoms in total. The van der Waals surface area contributed by atoms with Gasteiger partial charge in [0.05, 0.1) is 114 Å².